The van der Waals surface area contributed by atoms with Crippen LogP contribution in [0.15, 0.2) is 101 Å². The fourth-order valence-corrected chi connectivity index (χ4v) is 4.94. The van der Waals surface area contributed by atoms with Gasteiger partial charge in [0.15, 0.2) is 0 Å². The molecule has 0 spiro atoms. The number of carbonyl (C=O) groups is 2. The third-order valence-corrected chi connectivity index (χ3v) is 7.08. The summed E-state index contributed by atoms with van der Waals surface area (Å²) in [6, 6.07) is 24.2. The lowest BCUT2D eigenvalue weighted by molar-refractivity contribution is -0.137. The van der Waals surface area contributed by atoms with Crippen molar-refractivity contribution < 1.29 is 22.8 Å². The molecule has 35 heavy (non-hydrogen) atoms. The summed E-state index contributed by atoms with van der Waals surface area (Å²) in [5.41, 5.74) is 0.0382. The highest BCUT2D eigenvalue weighted by Gasteiger charge is 2.34. The largest absolute Gasteiger partial charge is 0.418 e. The second kappa shape index (κ2) is 10.8. The zero-order chi connectivity index (χ0) is 24.8. The van der Waals surface area contributed by atoms with Crippen LogP contribution in [0.25, 0.3) is 0 Å². The van der Waals surface area contributed by atoms with E-state index in [-0.39, 0.29) is 11.6 Å². The number of rotatable bonds is 7. The maximum Gasteiger partial charge on any atom is 0.418 e. The highest BCUT2D eigenvalue weighted by atomic mass is 32.2. The summed E-state index contributed by atoms with van der Waals surface area (Å²) in [6.07, 6.45) is -4.59. The number of carbonyl (C=O) groups excluding carboxylic acids is 2. The summed E-state index contributed by atoms with van der Waals surface area (Å²) in [5.74, 6) is -0.793. The molecule has 0 bridgehead atoms. The Morgan fingerprint density at radius 1 is 0.800 bits per heavy atom. The lowest BCUT2D eigenvalue weighted by atomic mass is 10.1. The van der Waals surface area contributed by atoms with E-state index in [1.807, 2.05) is 5.38 Å². The normalized spacial score (nSPS) is 12.1. The van der Waals surface area contributed by atoms with Crippen LogP contribution in [0.3, 0.4) is 0 Å². The number of hydrogen-bond donors (Lipinski definition) is 2. The summed E-state index contributed by atoms with van der Waals surface area (Å²) in [7, 11) is 0. The average Bonchev–Trinajstić information content (AvgIpc) is 3.39. The van der Waals surface area contributed by atoms with E-state index in [0.717, 1.165) is 6.07 Å². The fourth-order valence-electron chi connectivity index (χ4n) is 3.29. The van der Waals surface area contributed by atoms with E-state index in [1.165, 1.54) is 41.3 Å². The van der Waals surface area contributed by atoms with Gasteiger partial charge in [-0.3, -0.25) is 9.59 Å². The minimum absolute atomic E-state index is 0.217. The third kappa shape index (κ3) is 6.32. The molecular weight excluding hydrogens is 493 g/mol. The molecule has 4 nitrogen and oxygen atoms in total. The van der Waals surface area contributed by atoms with Crippen molar-refractivity contribution in [3.05, 3.63) is 112 Å². The van der Waals surface area contributed by atoms with Gasteiger partial charge in [-0.1, -0.05) is 48.5 Å². The molecule has 0 saturated carbocycles. The highest BCUT2D eigenvalue weighted by molar-refractivity contribution is 8.00. The number of nitrogens with one attached hydrogen (secondary N) is 2. The summed E-state index contributed by atoms with van der Waals surface area (Å²) < 4.78 is 40.2. The molecule has 9 heteroatoms. The first-order valence-electron chi connectivity index (χ1n) is 10.4. The van der Waals surface area contributed by atoms with Crippen LogP contribution in [-0.2, 0) is 11.0 Å². The molecule has 1 aromatic heterocycles. The van der Waals surface area contributed by atoms with Crippen molar-refractivity contribution in [2.24, 2.45) is 0 Å². The van der Waals surface area contributed by atoms with E-state index in [9.17, 15) is 22.8 Å². The molecule has 1 unspecified atom stereocenters. The molecule has 0 saturated heterocycles. The van der Waals surface area contributed by atoms with E-state index >= 15 is 0 Å². The number of halogens is 3. The van der Waals surface area contributed by atoms with E-state index in [1.54, 1.807) is 66.7 Å². The number of amides is 2. The summed E-state index contributed by atoms with van der Waals surface area (Å²) >= 11 is 2.54. The van der Waals surface area contributed by atoms with Crippen LogP contribution in [0.1, 0.15) is 26.0 Å². The number of para-hydroxylation sites is 1. The average molecular weight is 513 g/mol. The fraction of sp³-hybridized carbons (Fsp3) is 0.0769. The van der Waals surface area contributed by atoms with Crippen molar-refractivity contribution in [2.75, 3.05) is 10.6 Å². The molecule has 178 valence electrons. The van der Waals surface area contributed by atoms with Crippen molar-refractivity contribution in [1.82, 2.24) is 0 Å². The molecule has 0 radical (unpaired) electrons. The zero-order valence-electron chi connectivity index (χ0n) is 18.1. The van der Waals surface area contributed by atoms with E-state index in [4.69, 9.17) is 0 Å². The Kier molecular flexibility index (Phi) is 7.57. The first kappa shape index (κ1) is 24.6. The SMILES string of the molecule is O=C(Nc1ccc(SC(C(=O)Nc2ccccc2C(F)(F)F)c2ccccc2)cc1)c1cccs1. The Morgan fingerprint density at radius 2 is 1.49 bits per heavy atom. The second-order valence-electron chi connectivity index (χ2n) is 7.40. The lowest BCUT2D eigenvalue weighted by Crippen LogP contribution is -2.21. The lowest BCUT2D eigenvalue weighted by Gasteiger charge is -2.19. The van der Waals surface area contributed by atoms with Gasteiger partial charge in [0.1, 0.15) is 5.25 Å². The number of thiophene rings is 1. The van der Waals surface area contributed by atoms with Gasteiger partial charge in [-0.05, 0) is 53.4 Å². The molecule has 2 N–H and O–H groups in total. The smallest absolute Gasteiger partial charge is 0.324 e. The van der Waals surface area contributed by atoms with Gasteiger partial charge in [0.05, 0.1) is 16.1 Å². The first-order chi connectivity index (χ1) is 16.8. The number of anilines is 2. The molecule has 0 aliphatic carbocycles. The highest BCUT2D eigenvalue weighted by Crippen LogP contribution is 2.39. The van der Waals surface area contributed by atoms with Gasteiger partial charge in [-0.15, -0.1) is 23.1 Å². The Bertz CT molecular complexity index is 1290. The monoisotopic (exact) mass is 512 g/mol. The van der Waals surface area contributed by atoms with E-state index < -0.39 is 22.9 Å². The number of benzene rings is 3. The van der Waals surface area contributed by atoms with Crippen LogP contribution in [0, 0.1) is 0 Å². The summed E-state index contributed by atoms with van der Waals surface area (Å²) in [4.78, 5) is 26.7. The van der Waals surface area contributed by atoms with E-state index in [0.29, 0.717) is 21.0 Å². The Labute approximate surface area is 208 Å². The minimum Gasteiger partial charge on any atom is -0.324 e. The molecule has 1 atom stereocenters. The molecule has 4 aromatic rings. The van der Waals surface area contributed by atoms with Gasteiger partial charge in [0.2, 0.25) is 5.91 Å². The van der Waals surface area contributed by atoms with Crippen LogP contribution in [0.4, 0.5) is 24.5 Å². The maximum absolute atomic E-state index is 13.4. The van der Waals surface area contributed by atoms with Crippen LogP contribution in [0.2, 0.25) is 0 Å². The van der Waals surface area contributed by atoms with E-state index in [2.05, 4.69) is 10.6 Å². The van der Waals surface area contributed by atoms with Crippen LogP contribution in [-0.4, -0.2) is 11.8 Å². The van der Waals surface area contributed by atoms with Crippen LogP contribution >= 0.6 is 23.1 Å². The Morgan fingerprint density at radius 3 is 2.14 bits per heavy atom. The van der Waals surface area contributed by atoms with Gasteiger partial charge in [-0.2, -0.15) is 13.2 Å². The quantitative estimate of drug-likeness (QED) is 0.252. The van der Waals surface area contributed by atoms with Gasteiger partial charge in [0.25, 0.3) is 5.91 Å². The summed E-state index contributed by atoms with van der Waals surface area (Å²) in [6.45, 7) is 0. The van der Waals surface area contributed by atoms with Crippen molar-refractivity contribution in [2.45, 2.75) is 16.3 Å². The molecule has 3 aromatic carbocycles. The van der Waals surface area contributed by atoms with Gasteiger partial charge >= 0.3 is 6.18 Å². The molecule has 0 aliphatic rings. The Balaban J connectivity index is 1.53. The Hall–Kier alpha value is -3.56. The first-order valence-corrected chi connectivity index (χ1v) is 12.2. The van der Waals surface area contributed by atoms with Gasteiger partial charge in [0, 0.05) is 10.6 Å². The molecular formula is C26H19F3N2O2S2. The van der Waals surface area contributed by atoms with Gasteiger partial charge < -0.3 is 10.6 Å². The van der Waals surface area contributed by atoms with Crippen LogP contribution in [0.5, 0.6) is 0 Å². The van der Waals surface area contributed by atoms with Crippen molar-refractivity contribution in [3.63, 3.8) is 0 Å². The topological polar surface area (TPSA) is 58.2 Å². The summed E-state index contributed by atoms with van der Waals surface area (Å²) in [5, 5.41) is 6.28. The van der Waals surface area contributed by atoms with Crippen LogP contribution < -0.4 is 10.6 Å². The number of alkyl halides is 3. The van der Waals surface area contributed by atoms with Gasteiger partial charge in [-0.25, -0.2) is 0 Å². The third-order valence-electron chi connectivity index (χ3n) is 4.94. The predicted octanol–water partition coefficient (Wildman–Crippen LogP) is 7.49. The standard InChI is InChI=1S/C26H19F3N2O2S2/c27-26(28,29)20-9-4-5-10-21(20)31-25(33)23(17-7-2-1-3-8-17)35-19-14-12-18(13-15-19)30-24(32)22-11-6-16-34-22/h1-16,23H,(H,30,32)(H,31,33). The maximum atomic E-state index is 13.4. The van der Waals surface area contributed by atoms with Crippen molar-refractivity contribution in [3.8, 4) is 0 Å². The molecule has 2 amide bonds. The molecule has 0 aliphatic heterocycles. The van der Waals surface area contributed by atoms with Crippen molar-refractivity contribution >= 4 is 46.3 Å². The zero-order valence-corrected chi connectivity index (χ0v) is 19.7. The number of hydrogen-bond acceptors (Lipinski definition) is 4. The minimum atomic E-state index is -4.59. The number of thioether (sulfide) groups is 1. The molecule has 1 heterocycles. The molecule has 0 fully saturated rings. The predicted molar refractivity (Wildman–Crippen MR) is 134 cm³/mol. The molecule has 4 rings (SSSR count). The van der Waals surface area contributed by atoms with Crippen molar-refractivity contribution in [1.29, 1.82) is 0 Å². The second-order valence-corrected chi connectivity index (χ2v) is 9.52.